The van der Waals surface area contributed by atoms with Crippen LogP contribution in [0.2, 0.25) is 5.02 Å². The van der Waals surface area contributed by atoms with Crippen molar-refractivity contribution in [2.75, 3.05) is 5.43 Å². The lowest BCUT2D eigenvalue weighted by Crippen LogP contribution is -2.13. The molecule has 0 radical (unpaired) electrons. The molecule has 2 rings (SSSR count). The minimum atomic E-state index is 0.617. The molecule has 1 aromatic heterocycles. The Kier molecular flexibility index (Phi) is 4.39. The maximum absolute atomic E-state index is 5.94. The number of aromatic nitrogens is 2. The fourth-order valence-corrected chi connectivity index (χ4v) is 2.79. The quantitative estimate of drug-likeness (QED) is 0.660. The zero-order valence-corrected chi connectivity index (χ0v) is 13.0. The van der Waals surface area contributed by atoms with Crippen LogP contribution in [0.15, 0.2) is 22.7 Å². The van der Waals surface area contributed by atoms with Crippen LogP contribution in [0.1, 0.15) is 18.2 Å². The highest BCUT2D eigenvalue weighted by Crippen LogP contribution is 2.30. The van der Waals surface area contributed by atoms with Crippen LogP contribution >= 0.6 is 27.5 Å². The van der Waals surface area contributed by atoms with Gasteiger partial charge in [0.05, 0.1) is 0 Å². The first-order chi connectivity index (χ1) is 9.06. The number of nitrogens with one attached hydrogen (secondary N) is 1. The molecule has 0 amide bonds. The summed E-state index contributed by atoms with van der Waals surface area (Å²) in [6, 6.07) is 5.51. The van der Waals surface area contributed by atoms with Gasteiger partial charge in [-0.1, -0.05) is 18.5 Å². The fraction of sp³-hybridized carbons (Fsp3) is 0.231. The second-order valence-electron chi connectivity index (χ2n) is 4.08. The monoisotopic (exact) mass is 340 g/mol. The summed E-state index contributed by atoms with van der Waals surface area (Å²) in [4.78, 5) is 9.00. The van der Waals surface area contributed by atoms with Gasteiger partial charge in [0, 0.05) is 26.3 Å². The Labute approximate surface area is 125 Å². The van der Waals surface area contributed by atoms with Crippen molar-refractivity contribution in [3.8, 4) is 11.4 Å². The Hall–Kier alpha value is -1.17. The smallest absolute Gasteiger partial charge is 0.162 e. The molecule has 1 heterocycles. The number of nitrogen functional groups attached to an aromatic ring is 1. The lowest BCUT2D eigenvalue weighted by molar-refractivity contribution is 0.994. The van der Waals surface area contributed by atoms with Crippen molar-refractivity contribution in [3.05, 3.63) is 39.0 Å². The molecule has 0 fully saturated rings. The van der Waals surface area contributed by atoms with Gasteiger partial charge in [-0.2, -0.15) is 0 Å². The SMILES string of the molecule is CCc1c(C)nc(-c2ccc(Cl)cc2Br)nc1NN. The van der Waals surface area contributed by atoms with E-state index in [2.05, 4.69) is 31.3 Å². The van der Waals surface area contributed by atoms with Crippen LogP contribution in [0.3, 0.4) is 0 Å². The molecular formula is C13H14BrClN4. The second-order valence-corrected chi connectivity index (χ2v) is 5.37. The van der Waals surface area contributed by atoms with Crippen LogP contribution in [0.25, 0.3) is 11.4 Å². The van der Waals surface area contributed by atoms with Crippen LogP contribution in [-0.2, 0) is 6.42 Å². The summed E-state index contributed by atoms with van der Waals surface area (Å²) < 4.78 is 0.853. The normalized spacial score (nSPS) is 10.6. The van der Waals surface area contributed by atoms with Gasteiger partial charge in [-0.15, -0.1) is 0 Å². The summed E-state index contributed by atoms with van der Waals surface area (Å²) in [5, 5.41) is 0.662. The Bertz CT molecular complexity index is 616. The number of hydrogen-bond donors (Lipinski definition) is 2. The van der Waals surface area contributed by atoms with Crippen molar-refractivity contribution in [3.63, 3.8) is 0 Å². The van der Waals surface area contributed by atoms with E-state index in [9.17, 15) is 0 Å². The van der Waals surface area contributed by atoms with Gasteiger partial charge in [0.15, 0.2) is 5.82 Å². The van der Waals surface area contributed by atoms with Crippen LogP contribution in [-0.4, -0.2) is 9.97 Å². The molecule has 0 aliphatic carbocycles. The standard InChI is InChI=1S/C13H14BrClN4/c1-3-9-7(2)17-12(18-13(9)19-16)10-5-4-8(15)6-11(10)14/h4-6H,3,16H2,1-2H3,(H,17,18,19). The van der Waals surface area contributed by atoms with Gasteiger partial charge in [0.2, 0.25) is 0 Å². The fourth-order valence-electron chi connectivity index (χ4n) is 1.93. The number of rotatable bonds is 3. The van der Waals surface area contributed by atoms with Crippen molar-refractivity contribution in [2.24, 2.45) is 5.84 Å². The van der Waals surface area contributed by atoms with Crippen molar-refractivity contribution < 1.29 is 0 Å². The lowest BCUT2D eigenvalue weighted by Gasteiger charge is -2.12. The summed E-state index contributed by atoms with van der Waals surface area (Å²) >= 11 is 9.41. The molecule has 100 valence electrons. The highest BCUT2D eigenvalue weighted by molar-refractivity contribution is 9.10. The number of hydrazine groups is 1. The third-order valence-electron chi connectivity index (χ3n) is 2.88. The Morgan fingerprint density at radius 3 is 2.68 bits per heavy atom. The average Bonchev–Trinajstić information content (AvgIpc) is 2.37. The summed E-state index contributed by atoms with van der Waals surface area (Å²) in [7, 11) is 0. The summed E-state index contributed by atoms with van der Waals surface area (Å²) in [5.74, 6) is 6.81. The number of benzene rings is 1. The molecule has 6 heteroatoms. The summed E-state index contributed by atoms with van der Waals surface area (Å²) in [5.41, 5.74) is 5.46. The lowest BCUT2D eigenvalue weighted by atomic mass is 10.1. The van der Waals surface area contributed by atoms with E-state index in [4.69, 9.17) is 17.4 Å². The summed E-state index contributed by atoms with van der Waals surface area (Å²) in [6.45, 7) is 4.00. The van der Waals surface area contributed by atoms with E-state index in [1.165, 1.54) is 0 Å². The van der Waals surface area contributed by atoms with Gasteiger partial charge >= 0.3 is 0 Å². The maximum Gasteiger partial charge on any atom is 0.162 e. The molecule has 0 aliphatic rings. The molecule has 0 atom stereocenters. The molecule has 19 heavy (non-hydrogen) atoms. The topological polar surface area (TPSA) is 63.8 Å². The molecule has 4 nitrogen and oxygen atoms in total. The Balaban J connectivity index is 2.60. The van der Waals surface area contributed by atoms with Crippen LogP contribution in [0.4, 0.5) is 5.82 Å². The van der Waals surface area contributed by atoms with Gasteiger partial charge in [0.1, 0.15) is 5.82 Å². The molecule has 0 aliphatic heterocycles. The highest BCUT2D eigenvalue weighted by Gasteiger charge is 2.13. The molecule has 0 spiro atoms. The second kappa shape index (κ2) is 5.86. The predicted molar refractivity (Wildman–Crippen MR) is 82.1 cm³/mol. The zero-order chi connectivity index (χ0) is 14.0. The van der Waals surface area contributed by atoms with Gasteiger partial charge in [-0.25, -0.2) is 15.8 Å². The molecule has 0 saturated carbocycles. The first-order valence-corrected chi connectivity index (χ1v) is 7.03. The first-order valence-electron chi connectivity index (χ1n) is 5.86. The Morgan fingerprint density at radius 2 is 2.11 bits per heavy atom. The van der Waals surface area contributed by atoms with Gasteiger partial charge < -0.3 is 5.43 Å². The van der Waals surface area contributed by atoms with Crippen LogP contribution < -0.4 is 11.3 Å². The van der Waals surface area contributed by atoms with Crippen molar-refractivity contribution in [1.82, 2.24) is 9.97 Å². The van der Waals surface area contributed by atoms with Crippen molar-refractivity contribution >= 4 is 33.3 Å². The number of anilines is 1. The third kappa shape index (κ3) is 2.88. The van der Waals surface area contributed by atoms with Crippen LogP contribution in [0, 0.1) is 6.92 Å². The highest BCUT2D eigenvalue weighted by atomic mass is 79.9. The van der Waals surface area contributed by atoms with E-state index >= 15 is 0 Å². The minimum absolute atomic E-state index is 0.617. The summed E-state index contributed by atoms with van der Waals surface area (Å²) in [6.07, 6.45) is 0.827. The largest absolute Gasteiger partial charge is 0.308 e. The van der Waals surface area contributed by atoms with E-state index in [-0.39, 0.29) is 0 Å². The first kappa shape index (κ1) is 14.2. The number of nitrogens with zero attached hydrogens (tertiary/aromatic N) is 2. The maximum atomic E-state index is 5.94. The Morgan fingerprint density at radius 1 is 1.37 bits per heavy atom. The molecule has 3 N–H and O–H groups in total. The van der Waals surface area contributed by atoms with Crippen molar-refractivity contribution in [2.45, 2.75) is 20.3 Å². The number of halogens is 2. The van der Waals surface area contributed by atoms with E-state index in [0.717, 1.165) is 27.7 Å². The predicted octanol–water partition coefficient (Wildman–Crippen LogP) is 3.72. The number of aryl methyl sites for hydroxylation is 1. The van der Waals surface area contributed by atoms with Crippen LogP contribution in [0.5, 0.6) is 0 Å². The van der Waals surface area contributed by atoms with E-state index in [1.54, 1.807) is 0 Å². The number of hydrogen-bond acceptors (Lipinski definition) is 4. The average molecular weight is 342 g/mol. The molecule has 0 bridgehead atoms. The third-order valence-corrected chi connectivity index (χ3v) is 3.77. The van der Waals surface area contributed by atoms with Gasteiger partial charge in [-0.05, 0) is 47.5 Å². The molecule has 0 unspecified atom stereocenters. The van der Waals surface area contributed by atoms with Crippen molar-refractivity contribution in [1.29, 1.82) is 0 Å². The molecule has 1 aromatic carbocycles. The van der Waals surface area contributed by atoms with E-state index < -0.39 is 0 Å². The van der Waals surface area contributed by atoms with Gasteiger partial charge in [0.25, 0.3) is 0 Å². The minimum Gasteiger partial charge on any atom is -0.308 e. The zero-order valence-electron chi connectivity index (χ0n) is 10.7. The molecule has 2 aromatic rings. The van der Waals surface area contributed by atoms with E-state index in [1.807, 2.05) is 32.0 Å². The van der Waals surface area contributed by atoms with Gasteiger partial charge in [-0.3, -0.25) is 0 Å². The number of nitrogens with two attached hydrogens (primary N) is 1. The molecule has 0 saturated heterocycles. The molecular weight excluding hydrogens is 328 g/mol. The van der Waals surface area contributed by atoms with E-state index in [0.29, 0.717) is 16.7 Å².